The number of carbonyl (C=O) groups excluding carboxylic acids is 1. The molecule has 22 heavy (non-hydrogen) atoms. The number of likely N-dealkylation sites (N-methyl/N-ethyl adjacent to an activating group) is 1. The maximum absolute atomic E-state index is 12.4. The van der Waals surface area contributed by atoms with Crippen LogP contribution in [0.4, 0.5) is 0 Å². The van der Waals surface area contributed by atoms with Gasteiger partial charge in [-0.05, 0) is 44.0 Å². The van der Waals surface area contributed by atoms with Crippen LogP contribution in [0.3, 0.4) is 0 Å². The molecule has 1 fully saturated rings. The predicted octanol–water partition coefficient (Wildman–Crippen LogP) is 2.41. The molecule has 1 aliphatic rings. The number of hydrogen-bond donors (Lipinski definition) is 1. The summed E-state index contributed by atoms with van der Waals surface area (Å²) in [7, 11) is 1.74. The van der Waals surface area contributed by atoms with Crippen molar-refractivity contribution >= 4 is 23.5 Å². The number of carboxylic acid groups (broad SMARTS) is 1. The van der Waals surface area contributed by atoms with E-state index < -0.39 is 12.0 Å². The van der Waals surface area contributed by atoms with Crippen molar-refractivity contribution in [2.45, 2.75) is 31.8 Å². The van der Waals surface area contributed by atoms with Gasteiger partial charge in [-0.25, -0.2) is 0 Å². The minimum absolute atomic E-state index is 0.0735. The van der Waals surface area contributed by atoms with Gasteiger partial charge < -0.3 is 10.0 Å². The number of aliphatic carboxylic acids is 1. The molecule has 1 heterocycles. The normalized spacial score (nSPS) is 19.9. The van der Waals surface area contributed by atoms with Crippen LogP contribution < -0.4 is 0 Å². The quantitative estimate of drug-likeness (QED) is 0.903. The Morgan fingerprint density at radius 2 is 2.05 bits per heavy atom. The lowest BCUT2D eigenvalue weighted by atomic mass is 10.1. The van der Waals surface area contributed by atoms with Crippen molar-refractivity contribution in [3.05, 3.63) is 34.9 Å². The fraction of sp³-hybridized carbons (Fsp3) is 0.500. The molecule has 0 bridgehead atoms. The molecule has 1 aromatic rings. The number of amides is 1. The van der Waals surface area contributed by atoms with Gasteiger partial charge in [-0.2, -0.15) is 0 Å². The van der Waals surface area contributed by atoms with Crippen molar-refractivity contribution in [3.8, 4) is 0 Å². The largest absolute Gasteiger partial charge is 0.480 e. The fourth-order valence-corrected chi connectivity index (χ4v) is 2.89. The van der Waals surface area contributed by atoms with Gasteiger partial charge in [-0.3, -0.25) is 14.5 Å². The van der Waals surface area contributed by atoms with E-state index in [4.69, 9.17) is 16.7 Å². The second kappa shape index (κ2) is 7.11. The van der Waals surface area contributed by atoms with E-state index in [9.17, 15) is 9.59 Å². The van der Waals surface area contributed by atoms with Crippen LogP contribution in [0.25, 0.3) is 0 Å². The molecule has 6 heteroatoms. The van der Waals surface area contributed by atoms with E-state index in [1.807, 2.05) is 19.1 Å². The molecule has 1 N–H and O–H groups in total. The maximum Gasteiger partial charge on any atom is 0.320 e. The molecule has 1 saturated heterocycles. The minimum Gasteiger partial charge on any atom is -0.480 e. The first-order valence-electron chi connectivity index (χ1n) is 7.38. The monoisotopic (exact) mass is 324 g/mol. The lowest BCUT2D eigenvalue weighted by molar-refractivity contribution is -0.143. The summed E-state index contributed by atoms with van der Waals surface area (Å²) in [6, 6.07) is 6.76. The van der Waals surface area contributed by atoms with Gasteiger partial charge in [0.15, 0.2) is 0 Å². The van der Waals surface area contributed by atoms with E-state index in [-0.39, 0.29) is 18.5 Å². The fourth-order valence-electron chi connectivity index (χ4n) is 2.76. The van der Waals surface area contributed by atoms with Gasteiger partial charge in [0.1, 0.15) is 6.04 Å². The molecule has 0 unspecified atom stereocenters. The van der Waals surface area contributed by atoms with Crippen LogP contribution in [0.5, 0.6) is 0 Å². The Hall–Kier alpha value is -1.59. The SMILES string of the molecule is C[C@H](c1ccc(Cl)cc1)N(C)C(=O)CN1CCC[C@@H]1C(=O)O. The van der Waals surface area contributed by atoms with Gasteiger partial charge in [0.05, 0.1) is 12.6 Å². The molecule has 0 aliphatic carbocycles. The molecule has 2 atom stereocenters. The van der Waals surface area contributed by atoms with Crippen LogP contribution in [0, 0.1) is 0 Å². The highest BCUT2D eigenvalue weighted by Crippen LogP contribution is 2.22. The first-order chi connectivity index (χ1) is 10.4. The van der Waals surface area contributed by atoms with Crippen LogP contribution >= 0.6 is 11.6 Å². The van der Waals surface area contributed by atoms with Gasteiger partial charge >= 0.3 is 5.97 Å². The highest BCUT2D eigenvalue weighted by molar-refractivity contribution is 6.30. The Morgan fingerprint density at radius 3 is 2.64 bits per heavy atom. The number of carbonyl (C=O) groups is 2. The zero-order valence-electron chi connectivity index (χ0n) is 12.8. The van der Waals surface area contributed by atoms with Crippen LogP contribution in [-0.2, 0) is 9.59 Å². The smallest absolute Gasteiger partial charge is 0.320 e. The number of carboxylic acids is 1. The van der Waals surface area contributed by atoms with Gasteiger partial charge in [0.25, 0.3) is 0 Å². The first-order valence-corrected chi connectivity index (χ1v) is 7.76. The summed E-state index contributed by atoms with van der Waals surface area (Å²) < 4.78 is 0. The molecule has 5 nitrogen and oxygen atoms in total. The Kier molecular flexibility index (Phi) is 5.42. The van der Waals surface area contributed by atoms with Crippen LogP contribution in [0.15, 0.2) is 24.3 Å². The first kappa shape index (κ1) is 16.8. The van der Waals surface area contributed by atoms with Gasteiger partial charge in [0.2, 0.25) is 5.91 Å². The van der Waals surface area contributed by atoms with E-state index in [2.05, 4.69) is 0 Å². The summed E-state index contributed by atoms with van der Waals surface area (Å²) in [5.74, 6) is -0.922. The topological polar surface area (TPSA) is 60.9 Å². The third kappa shape index (κ3) is 3.78. The van der Waals surface area contributed by atoms with Crippen molar-refractivity contribution in [2.75, 3.05) is 20.1 Å². The van der Waals surface area contributed by atoms with E-state index in [1.54, 1.807) is 29.0 Å². The Bertz CT molecular complexity index is 547. The summed E-state index contributed by atoms with van der Waals surface area (Å²) >= 11 is 5.87. The highest BCUT2D eigenvalue weighted by Gasteiger charge is 2.32. The van der Waals surface area contributed by atoms with Gasteiger partial charge in [-0.15, -0.1) is 0 Å². The zero-order chi connectivity index (χ0) is 16.3. The van der Waals surface area contributed by atoms with E-state index in [0.717, 1.165) is 12.0 Å². The second-order valence-electron chi connectivity index (χ2n) is 5.70. The van der Waals surface area contributed by atoms with Crippen molar-refractivity contribution < 1.29 is 14.7 Å². The molecular formula is C16H21ClN2O3. The molecule has 0 aromatic heterocycles. The maximum atomic E-state index is 12.4. The number of benzene rings is 1. The number of halogens is 1. The minimum atomic E-state index is -0.848. The summed E-state index contributed by atoms with van der Waals surface area (Å²) in [6.45, 7) is 2.75. The zero-order valence-corrected chi connectivity index (χ0v) is 13.6. The molecule has 0 radical (unpaired) electrons. The summed E-state index contributed by atoms with van der Waals surface area (Å²) in [5, 5.41) is 9.83. The summed E-state index contributed by atoms with van der Waals surface area (Å²) in [6.07, 6.45) is 1.43. The van der Waals surface area contributed by atoms with Crippen molar-refractivity contribution in [1.29, 1.82) is 0 Å². The van der Waals surface area contributed by atoms with E-state index >= 15 is 0 Å². The van der Waals surface area contributed by atoms with Crippen molar-refractivity contribution in [1.82, 2.24) is 9.80 Å². The Morgan fingerprint density at radius 1 is 1.41 bits per heavy atom. The van der Waals surface area contributed by atoms with E-state index in [1.165, 1.54) is 0 Å². The second-order valence-corrected chi connectivity index (χ2v) is 6.14. The van der Waals surface area contributed by atoms with Crippen LogP contribution in [-0.4, -0.2) is 53.0 Å². The van der Waals surface area contributed by atoms with Crippen LogP contribution in [0.1, 0.15) is 31.4 Å². The molecule has 1 amide bonds. The number of likely N-dealkylation sites (tertiary alicyclic amines) is 1. The van der Waals surface area contributed by atoms with Crippen molar-refractivity contribution in [2.24, 2.45) is 0 Å². The number of rotatable bonds is 5. The van der Waals surface area contributed by atoms with Crippen molar-refractivity contribution in [3.63, 3.8) is 0 Å². The predicted molar refractivity (Wildman–Crippen MR) is 84.9 cm³/mol. The number of nitrogens with zero attached hydrogens (tertiary/aromatic N) is 2. The molecule has 2 rings (SSSR count). The van der Waals surface area contributed by atoms with Crippen LogP contribution in [0.2, 0.25) is 5.02 Å². The van der Waals surface area contributed by atoms with Gasteiger partial charge in [-0.1, -0.05) is 23.7 Å². The highest BCUT2D eigenvalue weighted by atomic mass is 35.5. The molecule has 0 spiro atoms. The Balaban J connectivity index is 1.99. The summed E-state index contributed by atoms with van der Waals surface area (Å²) in [5.41, 5.74) is 0.997. The lowest BCUT2D eigenvalue weighted by Crippen LogP contribution is -2.44. The average molecular weight is 325 g/mol. The Labute approximate surface area is 135 Å². The summed E-state index contributed by atoms with van der Waals surface area (Å²) in [4.78, 5) is 27.0. The standard InChI is InChI=1S/C16H21ClN2O3/c1-11(12-5-7-13(17)8-6-12)18(2)15(20)10-19-9-3-4-14(19)16(21)22/h5-8,11,14H,3-4,9-10H2,1-2H3,(H,21,22)/t11-,14-/m1/s1. The molecule has 120 valence electrons. The molecule has 1 aliphatic heterocycles. The third-order valence-corrected chi connectivity index (χ3v) is 4.57. The van der Waals surface area contributed by atoms with Gasteiger partial charge in [0, 0.05) is 12.1 Å². The molecular weight excluding hydrogens is 304 g/mol. The third-order valence-electron chi connectivity index (χ3n) is 4.31. The lowest BCUT2D eigenvalue weighted by Gasteiger charge is -2.28. The van der Waals surface area contributed by atoms with E-state index in [0.29, 0.717) is 18.0 Å². The molecule has 0 saturated carbocycles. The average Bonchev–Trinajstić information content (AvgIpc) is 2.94. The number of hydrogen-bond acceptors (Lipinski definition) is 3. The molecule has 1 aromatic carbocycles.